The first-order valence-corrected chi connectivity index (χ1v) is 6.36. The minimum Gasteiger partial charge on any atom is -0.396 e. The maximum Gasteiger partial charge on any atom is 0.135 e. The van der Waals surface area contributed by atoms with Gasteiger partial charge in [-0.05, 0) is 12.8 Å². The third-order valence-corrected chi connectivity index (χ3v) is 2.74. The Morgan fingerprint density at radius 3 is 2.65 bits per heavy atom. The van der Waals surface area contributed by atoms with E-state index in [1.165, 1.54) is 0 Å². The molecular weight excluding hydrogens is 238 g/mol. The molecule has 0 aliphatic rings. The van der Waals surface area contributed by atoms with Crippen LogP contribution >= 0.6 is 11.6 Å². The Morgan fingerprint density at radius 1 is 1.41 bits per heavy atom. The number of nitrogens with one attached hydrogen (secondary N) is 1. The molecule has 1 aromatic heterocycles. The number of aliphatic hydroxyl groups excluding tert-OH is 1. The average Bonchev–Trinajstić information content (AvgIpc) is 2.27. The van der Waals surface area contributed by atoms with E-state index >= 15 is 0 Å². The van der Waals surface area contributed by atoms with Crippen LogP contribution in [-0.2, 0) is 0 Å². The van der Waals surface area contributed by atoms with E-state index < -0.39 is 0 Å². The SMILES string of the molecule is CCC(CCO)Nc1cc(Cl)nc(C(C)C)n1. The Labute approximate surface area is 107 Å². The first-order valence-electron chi connectivity index (χ1n) is 5.98. The molecule has 2 N–H and O–H groups in total. The van der Waals surface area contributed by atoms with Gasteiger partial charge in [-0.25, -0.2) is 9.97 Å². The molecule has 96 valence electrons. The molecule has 4 nitrogen and oxygen atoms in total. The number of aromatic nitrogens is 2. The predicted molar refractivity (Wildman–Crippen MR) is 70.5 cm³/mol. The first kappa shape index (κ1) is 14.2. The summed E-state index contributed by atoms with van der Waals surface area (Å²) in [6.45, 7) is 6.29. The second-order valence-electron chi connectivity index (χ2n) is 4.35. The molecule has 0 bridgehead atoms. The molecule has 1 aromatic rings. The number of nitrogens with zero attached hydrogens (tertiary/aromatic N) is 2. The van der Waals surface area contributed by atoms with Crippen LogP contribution in [0.15, 0.2) is 6.07 Å². The van der Waals surface area contributed by atoms with Gasteiger partial charge in [0.1, 0.15) is 16.8 Å². The highest BCUT2D eigenvalue weighted by Gasteiger charge is 2.10. The highest BCUT2D eigenvalue weighted by atomic mass is 35.5. The van der Waals surface area contributed by atoms with Gasteiger partial charge in [0.15, 0.2) is 0 Å². The van der Waals surface area contributed by atoms with Crippen molar-refractivity contribution < 1.29 is 5.11 Å². The van der Waals surface area contributed by atoms with Crippen LogP contribution in [0.2, 0.25) is 5.15 Å². The molecule has 17 heavy (non-hydrogen) atoms. The van der Waals surface area contributed by atoms with Gasteiger partial charge in [0, 0.05) is 24.6 Å². The summed E-state index contributed by atoms with van der Waals surface area (Å²) in [6.07, 6.45) is 1.63. The summed E-state index contributed by atoms with van der Waals surface area (Å²) >= 11 is 5.96. The third kappa shape index (κ3) is 4.48. The summed E-state index contributed by atoms with van der Waals surface area (Å²) in [5.41, 5.74) is 0. The molecule has 0 saturated heterocycles. The van der Waals surface area contributed by atoms with Gasteiger partial charge in [-0.15, -0.1) is 0 Å². The Balaban J connectivity index is 2.82. The van der Waals surface area contributed by atoms with Crippen molar-refractivity contribution in [3.63, 3.8) is 0 Å². The molecule has 0 aromatic carbocycles. The average molecular weight is 258 g/mol. The van der Waals surface area contributed by atoms with Gasteiger partial charge in [-0.2, -0.15) is 0 Å². The normalized spacial score (nSPS) is 12.8. The Kier molecular flexibility index (Phi) is 5.65. The summed E-state index contributed by atoms with van der Waals surface area (Å²) in [5, 5.41) is 12.7. The zero-order valence-electron chi connectivity index (χ0n) is 10.6. The number of aliphatic hydroxyl groups is 1. The van der Waals surface area contributed by atoms with E-state index in [9.17, 15) is 0 Å². The lowest BCUT2D eigenvalue weighted by Gasteiger charge is -2.17. The van der Waals surface area contributed by atoms with Crippen LogP contribution in [0.3, 0.4) is 0 Å². The fourth-order valence-electron chi connectivity index (χ4n) is 1.51. The highest BCUT2D eigenvalue weighted by Crippen LogP contribution is 2.18. The zero-order valence-corrected chi connectivity index (χ0v) is 11.3. The lowest BCUT2D eigenvalue weighted by Crippen LogP contribution is -2.21. The number of rotatable bonds is 6. The van der Waals surface area contributed by atoms with Crippen molar-refractivity contribution >= 4 is 17.4 Å². The quantitative estimate of drug-likeness (QED) is 0.770. The molecule has 1 unspecified atom stereocenters. The van der Waals surface area contributed by atoms with E-state index in [-0.39, 0.29) is 18.6 Å². The van der Waals surface area contributed by atoms with E-state index in [4.69, 9.17) is 16.7 Å². The van der Waals surface area contributed by atoms with Crippen molar-refractivity contribution in [1.29, 1.82) is 0 Å². The van der Waals surface area contributed by atoms with Crippen LogP contribution in [0.4, 0.5) is 5.82 Å². The van der Waals surface area contributed by atoms with Crippen LogP contribution < -0.4 is 5.32 Å². The third-order valence-electron chi connectivity index (χ3n) is 2.55. The van der Waals surface area contributed by atoms with Crippen molar-refractivity contribution in [2.24, 2.45) is 0 Å². The number of hydrogen-bond donors (Lipinski definition) is 2. The van der Waals surface area contributed by atoms with Crippen LogP contribution in [0.5, 0.6) is 0 Å². The largest absolute Gasteiger partial charge is 0.396 e. The van der Waals surface area contributed by atoms with Crippen LogP contribution in [-0.4, -0.2) is 27.7 Å². The fourth-order valence-corrected chi connectivity index (χ4v) is 1.70. The minimum absolute atomic E-state index is 0.168. The maximum atomic E-state index is 8.94. The van der Waals surface area contributed by atoms with Crippen LogP contribution in [0, 0.1) is 0 Å². The minimum atomic E-state index is 0.168. The molecule has 0 radical (unpaired) electrons. The number of hydrogen-bond acceptors (Lipinski definition) is 4. The maximum absolute atomic E-state index is 8.94. The molecular formula is C12H20ClN3O. The molecule has 0 aliphatic heterocycles. The van der Waals surface area contributed by atoms with E-state index in [2.05, 4.69) is 22.2 Å². The topological polar surface area (TPSA) is 58.0 Å². The summed E-state index contributed by atoms with van der Waals surface area (Å²) in [5.74, 6) is 1.71. The van der Waals surface area contributed by atoms with Crippen molar-refractivity contribution in [3.8, 4) is 0 Å². The van der Waals surface area contributed by atoms with Crippen LogP contribution in [0.25, 0.3) is 0 Å². The predicted octanol–water partition coefficient (Wildman–Crippen LogP) is 2.83. The molecule has 0 amide bonds. The molecule has 0 fully saturated rings. The molecule has 1 atom stereocenters. The number of anilines is 1. The van der Waals surface area contributed by atoms with E-state index in [0.29, 0.717) is 11.6 Å². The summed E-state index contributed by atoms with van der Waals surface area (Å²) in [4.78, 5) is 8.59. The van der Waals surface area contributed by atoms with Crippen molar-refractivity contribution in [2.45, 2.75) is 45.6 Å². The molecule has 5 heteroatoms. The van der Waals surface area contributed by atoms with E-state index in [0.717, 1.165) is 18.1 Å². The lowest BCUT2D eigenvalue weighted by molar-refractivity contribution is 0.278. The molecule has 0 aliphatic carbocycles. The molecule has 0 saturated carbocycles. The lowest BCUT2D eigenvalue weighted by atomic mass is 10.1. The zero-order chi connectivity index (χ0) is 12.8. The van der Waals surface area contributed by atoms with E-state index in [1.54, 1.807) is 6.07 Å². The molecule has 1 rings (SSSR count). The van der Waals surface area contributed by atoms with Gasteiger partial charge in [0.25, 0.3) is 0 Å². The van der Waals surface area contributed by atoms with Gasteiger partial charge in [0.2, 0.25) is 0 Å². The van der Waals surface area contributed by atoms with Crippen molar-refractivity contribution in [1.82, 2.24) is 9.97 Å². The monoisotopic (exact) mass is 257 g/mol. The first-order chi connectivity index (χ1) is 8.06. The van der Waals surface area contributed by atoms with Gasteiger partial charge < -0.3 is 10.4 Å². The van der Waals surface area contributed by atoms with Crippen LogP contribution in [0.1, 0.15) is 45.4 Å². The second-order valence-corrected chi connectivity index (χ2v) is 4.74. The van der Waals surface area contributed by atoms with Gasteiger partial charge in [-0.1, -0.05) is 32.4 Å². The van der Waals surface area contributed by atoms with Gasteiger partial charge in [0.05, 0.1) is 0 Å². The number of halogens is 1. The standard InChI is InChI=1S/C12H20ClN3O/c1-4-9(5-6-17)14-11-7-10(13)15-12(16-11)8(2)3/h7-9,17H,4-6H2,1-3H3,(H,14,15,16). The summed E-state index contributed by atoms with van der Waals surface area (Å²) in [7, 11) is 0. The van der Waals surface area contributed by atoms with Gasteiger partial charge >= 0.3 is 0 Å². The second kappa shape index (κ2) is 6.77. The molecule has 0 spiro atoms. The summed E-state index contributed by atoms with van der Waals surface area (Å²) in [6, 6.07) is 1.93. The Morgan fingerprint density at radius 2 is 2.12 bits per heavy atom. The highest BCUT2D eigenvalue weighted by molar-refractivity contribution is 6.29. The van der Waals surface area contributed by atoms with Crippen molar-refractivity contribution in [2.75, 3.05) is 11.9 Å². The Hall–Kier alpha value is -0.870. The van der Waals surface area contributed by atoms with Gasteiger partial charge in [-0.3, -0.25) is 0 Å². The smallest absolute Gasteiger partial charge is 0.135 e. The summed E-state index contributed by atoms with van der Waals surface area (Å²) < 4.78 is 0. The molecule has 1 heterocycles. The van der Waals surface area contributed by atoms with Crippen molar-refractivity contribution in [3.05, 3.63) is 17.0 Å². The Bertz CT molecular complexity index is 358. The van der Waals surface area contributed by atoms with E-state index in [1.807, 2.05) is 13.8 Å². The fraction of sp³-hybridized carbons (Fsp3) is 0.667.